The number of methoxy groups -OCH3 is 2. The van der Waals surface area contributed by atoms with E-state index < -0.39 is 23.9 Å². The Morgan fingerprint density at radius 2 is 1.00 bits per heavy atom. The van der Waals surface area contributed by atoms with Crippen molar-refractivity contribution >= 4 is 23.9 Å². The van der Waals surface area contributed by atoms with Crippen molar-refractivity contribution < 1.29 is 38.9 Å². The number of hydrogen-bond donors (Lipinski definition) is 2. The molecule has 0 radical (unpaired) electrons. The summed E-state index contributed by atoms with van der Waals surface area (Å²) >= 11 is 0. The molecule has 0 aromatic rings. The maximum absolute atomic E-state index is 9.69. The molecule has 0 heterocycles. The fourth-order valence-electron chi connectivity index (χ4n) is 0.175. The van der Waals surface area contributed by atoms with E-state index in [0.29, 0.717) is 0 Å². The van der Waals surface area contributed by atoms with Gasteiger partial charge in [-0.15, -0.1) is 0 Å². The third-order valence-electron chi connectivity index (χ3n) is 0.720. The van der Waals surface area contributed by atoms with Crippen molar-refractivity contribution in [1.29, 1.82) is 0 Å². The van der Waals surface area contributed by atoms with Crippen LogP contribution in [-0.2, 0) is 28.7 Å². The second kappa shape index (κ2) is 7.53. The first-order valence-electron chi connectivity index (χ1n) is 2.99. The van der Waals surface area contributed by atoms with Gasteiger partial charge in [-0.05, 0) is 0 Å². The third-order valence-corrected chi connectivity index (χ3v) is 0.720. The molecule has 0 atom stereocenters. The standard InChI is InChI=1S/2C3H4O4/c2*1-7-3(6)2(4)5/h2*1H3,(H,4,5). The van der Waals surface area contributed by atoms with Crippen molar-refractivity contribution in [1.82, 2.24) is 0 Å². The number of carboxylic acids is 2. The molecule has 0 rings (SSSR count). The number of hydrogen-bond acceptors (Lipinski definition) is 6. The van der Waals surface area contributed by atoms with Crippen molar-refractivity contribution in [2.75, 3.05) is 14.2 Å². The molecular formula is C6H8O8. The molecule has 0 aliphatic heterocycles. The van der Waals surface area contributed by atoms with E-state index in [0.717, 1.165) is 14.2 Å². The number of carboxylic acid groups (broad SMARTS) is 2. The van der Waals surface area contributed by atoms with E-state index in [9.17, 15) is 19.2 Å². The molecule has 0 fully saturated rings. The first-order valence-corrected chi connectivity index (χ1v) is 2.99. The van der Waals surface area contributed by atoms with E-state index in [4.69, 9.17) is 10.2 Å². The van der Waals surface area contributed by atoms with Crippen LogP contribution in [-0.4, -0.2) is 48.3 Å². The maximum Gasteiger partial charge on any atom is 0.417 e. The topological polar surface area (TPSA) is 127 Å². The number of esters is 2. The van der Waals surface area contributed by atoms with Crippen LogP contribution in [0.2, 0.25) is 0 Å². The Morgan fingerprint density at radius 1 is 0.786 bits per heavy atom. The van der Waals surface area contributed by atoms with Crippen LogP contribution in [0.1, 0.15) is 0 Å². The van der Waals surface area contributed by atoms with Gasteiger partial charge in [0.2, 0.25) is 0 Å². The summed E-state index contributed by atoms with van der Waals surface area (Å²) in [5.74, 6) is -5.61. The Labute approximate surface area is 78.0 Å². The van der Waals surface area contributed by atoms with Gasteiger partial charge >= 0.3 is 23.9 Å². The molecule has 0 saturated carbocycles. The van der Waals surface area contributed by atoms with Crippen LogP contribution in [0.5, 0.6) is 0 Å². The van der Waals surface area contributed by atoms with Crippen LogP contribution in [0.4, 0.5) is 0 Å². The fraction of sp³-hybridized carbons (Fsp3) is 0.333. The quantitative estimate of drug-likeness (QED) is 0.363. The van der Waals surface area contributed by atoms with Gasteiger partial charge in [0, 0.05) is 0 Å². The summed E-state index contributed by atoms with van der Waals surface area (Å²) in [5, 5.41) is 15.4. The minimum atomic E-state index is -1.57. The van der Waals surface area contributed by atoms with Gasteiger partial charge in [0.15, 0.2) is 0 Å². The highest BCUT2D eigenvalue weighted by Gasteiger charge is 2.08. The highest BCUT2D eigenvalue weighted by atomic mass is 16.6. The molecule has 0 amide bonds. The molecule has 0 aromatic carbocycles. The van der Waals surface area contributed by atoms with Gasteiger partial charge in [-0.25, -0.2) is 19.2 Å². The predicted octanol–water partition coefficient (Wildman–Crippen LogP) is -1.51. The lowest BCUT2D eigenvalue weighted by Crippen LogP contribution is -2.13. The van der Waals surface area contributed by atoms with Gasteiger partial charge < -0.3 is 19.7 Å². The second-order valence-corrected chi connectivity index (χ2v) is 1.59. The van der Waals surface area contributed by atoms with Crippen LogP contribution in [0.25, 0.3) is 0 Å². The molecule has 0 aliphatic rings. The molecule has 8 nitrogen and oxygen atoms in total. The average molecular weight is 208 g/mol. The van der Waals surface area contributed by atoms with Gasteiger partial charge in [0.05, 0.1) is 14.2 Å². The van der Waals surface area contributed by atoms with E-state index in [1.165, 1.54) is 0 Å². The first kappa shape index (κ1) is 14.4. The van der Waals surface area contributed by atoms with Crippen LogP contribution < -0.4 is 0 Å². The first-order chi connectivity index (χ1) is 6.36. The lowest BCUT2D eigenvalue weighted by atomic mass is 10.7. The summed E-state index contributed by atoms with van der Waals surface area (Å²) in [6, 6.07) is 0. The van der Waals surface area contributed by atoms with Gasteiger partial charge in [0.1, 0.15) is 0 Å². The minimum absolute atomic E-state index is 1.01. The summed E-state index contributed by atoms with van der Waals surface area (Å²) in [7, 11) is 2.02. The number of aliphatic carboxylic acids is 2. The molecule has 0 spiro atoms. The normalized spacial score (nSPS) is 7.57. The van der Waals surface area contributed by atoms with Crippen LogP contribution in [0.15, 0.2) is 0 Å². The van der Waals surface area contributed by atoms with Crippen LogP contribution in [0.3, 0.4) is 0 Å². The number of carbonyl (C=O) groups excluding carboxylic acids is 2. The molecule has 0 aliphatic carbocycles. The molecule has 2 N–H and O–H groups in total. The lowest BCUT2D eigenvalue weighted by Gasteiger charge is -1.85. The zero-order chi connectivity index (χ0) is 11.7. The Kier molecular flexibility index (Phi) is 7.74. The molecular weight excluding hydrogens is 200 g/mol. The SMILES string of the molecule is COC(=O)C(=O)O.COC(=O)C(=O)O. The van der Waals surface area contributed by atoms with Crippen molar-refractivity contribution in [3.05, 3.63) is 0 Å². The van der Waals surface area contributed by atoms with Crippen molar-refractivity contribution in [2.45, 2.75) is 0 Å². The number of carbonyl (C=O) groups is 4. The lowest BCUT2D eigenvalue weighted by molar-refractivity contribution is -0.161. The molecule has 80 valence electrons. The van der Waals surface area contributed by atoms with E-state index >= 15 is 0 Å². The highest BCUT2D eigenvalue weighted by Crippen LogP contribution is 1.68. The Morgan fingerprint density at radius 3 is 1.00 bits per heavy atom. The second-order valence-electron chi connectivity index (χ2n) is 1.59. The van der Waals surface area contributed by atoms with E-state index in [1.807, 2.05) is 0 Å². The van der Waals surface area contributed by atoms with E-state index in [2.05, 4.69) is 9.47 Å². The monoisotopic (exact) mass is 208 g/mol. The number of ether oxygens (including phenoxy) is 2. The van der Waals surface area contributed by atoms with Gasteiger partial charge in [0.25, 0.3) is 0 Å². The average Bonchev–Trinajstić information content (AvgIpc) is 2.15. The largest absolute Gasteiger partial charge is 0.473 e. The Hall–Kier alpha value is -2.12. The van der Waals surface area contributed by atoms with Crippen molar-refractivity contribution in [2.24, 2.45) is 0 Å². The summed E-state index contributed by atoms with van der Waals surface area (Å²) in [5.41, 5.74) is 0. The smallest absolute Gasteiger partial charge is 0.417 e. The molecule has 0 bridgehead atoms. The molecule has 14 heavy (non-hydrogen) atoms. The fourth-order valence-corrected chi connectivity index (χ4v) is 0.175. The van der Waals surface area contributed by atoms with E-state index in [-0.39, 0.29) is 0 Å². The van der Waals surface area contributed by atoms with E-state index in [1.54, 1.807) is 0 Å². The Balaban J connectivity index is 0. The Bertz CT molecular complexity index is 216. The van der Waals surface area contributed by atoms with Crippen LogP contribution >= 0.6 is 0 Å². The summed E-state index contributed by atoms with van der Waals surface area (Å²) < 4.78 is 7.55. The summed E-state index contributed by atoms with van der Waals surface area (Å²) in [4.78, 5) is 38.3. The number of rotatable bonds is 0. The van der Waals surface area contributed by atoms with Crippen molar-refractivity contribution in [3.63, 3.8) is 0 Å². The highest BCUT2D eigenvalue weighted by molar-refractivity contribution is 6.28. The van der Waals surface area contributed by atoms with Gasteiger partial charge in [-0.1, -0.05) is 0 Å². The third kappa shape index (κ3) is 7.98. The predicted molar refractivity (Wildman–Crippen MR) is 39.3 cm³/mol. The van der Waals surface area contributed by atoms with Gasteiger partial charge in [-0.2, -0.15) is 0 Å². The van der Waals surface area contributed by atoms with Crippen molar-refractivity contribution in [3.8, 4) is 0 Å². The summed E-state index contributed by atoms with van der Waals surface area (Å²) in [6.07, 6.45) is 0. The molecule has 0 aromatic heterocycles. The maximum atomic E-state index is 9.69. The van der Waals surface area contributed by atoms with Crippen LogP contribution in [0, 0.1) is 0 Å². The summed E-state index contributed by atoms with van der Waals surface area (Å²) in [6.45, 7) is 0. The zero-order valence-electron chi connectivity index (χ0n) is 7.34. The zero-order valence-corrected chi connectivity index (χ0v) is 7.34. The molecule has 0 saturated heterocycles. The minimum Gasteiger partial charge on any atom is -0.473 e. The van der Waals surface area contributed by atoms with Gasteiger partial charge in [-0.3, -0.25) is 0 Å². The molecule has 8 heteroatoms. The molecule has 0 unspecified atom stereocenters.